The zero-order valence-corrected chi connectivity index (χ0v) is 9.76. The zero-order valence-electron chi connectivity index (χ0n) is 9.00. The fourth-order valence-corrected chi connectivity index (χ4v) is 2.19. The van der Waals surface area contributed by atoms with Gasteiger partial charge >= 0.3 is 0 Å². The molecule has 0 saturated carbocycles. The number of benzene rings is 1. The lowest BCUT2D eigenvalue weighted by molar-refractivity contribution is 0.415. The van der Waals surface area contributed by atoms with Gasteiger partial charge in [-0.05, 0) is 31.4 Å². The Hall–Kier alpha value is -0.890. The van der Waals surface area contributed by atoms with E-state index in [0.717, 1.165) is 18.8 Å². The van der Waals surface area contributed by atoms with Crippen molar-refractivity contribution in [1.82, 2.24) is 0 Å². The minimum Gasteiger partial charge on any atom is -0.495 e. The fraction of sp³-hybridized carbons (Fsp3) is 0.500. The van der Waals surface area contributed by atoms with Crippen LogP contribution in [0.2, 0.25) is 5.02 Å². The summed E-state index contributed by atoms with van der Waals surface area (Å²) in [4.78, 5) is 2.39. The molecule has 0 N–H and O–H groups in total. The Morgan fingerprint density at radius 1 is 1.20 bits per heavy atom. The predicted octanol–water partition coefficient (Wildman–Crippen LogP) is 3.34. The standard InChI is InChI=1S/C12H16ClNO/c1-15-12-9-10(5-6-11(12)13)14-7-3-2-4-8-14/h5-6,9H,2-4,7-8H2,1H3. The van der Waals surface area contributed by atoms with E-state index in [1.54, 1.807) is 7.11 Å². The molecule has 0 amide bonds. The summed E-state index contributed by atoms with van der Waals surface area (Å²) in [6.07, 6.45) is 3.91. The van der Waals surface area contributed by atoms with Gasteiger partial charge in [-0.2, -0.15) is 0 Å². The van der Waals surface area contributed by atoms with E-state index >= 15 is 0 Å². The van der Waals surface area contributed by atoms with Crippen LogP contribution in [0.5, 0.6) is 5.75 Å². The number of rotatable bonds is 2. The Morgan fingerprint density at radius 2 is 1.93 bits per heavy atom. The smallest absolute Gasteiger partial charge is 0.139 e. The number of nitrogens with zero attached hydrogens (tertiary/aromatic N) is 1. The van der Waals surface area contributed by atoms with Crippen molar-refractivity contribution < 1.29 is 4.74 Å². The minimum atomic E-state index is 0.679. The number of piperidine rings is 1. The topological polar surface area (TPSA) is 12.5 Å². The molecule has 2 rings (SSSR count). The maximum Gasteiger partial charge on any atom is 0.139 e. The van der Waals surface area contributed by atoms with E-state index in [2.05, 4.69) is 11.0 Å². The minimum absolute atomic E-state index is 0.679. The second-order valence-electron chi connectivity index (χ2n) is 3.87. The van der Waals surface area contributed by atoms with Crippen LogP contribution in [0.3, 0.4) is 0 Å². The van der Waals surface area contributed by atoms with E-state index in [9.17, 15) is 0 Å². The van der Waals surface area contributed by atoms with Crippen molar-refractivity contribution in [3.63, 3.8) is 0 Å². The van der Waals surface area contributed by atoms with E-state index in [-0.39, 0.29) is 0 Å². The van der Waals surface area contributed by atoms with Gasteiger partial charge in [-0.3, -0.25) is 0 Å². The maximum atomic E-state index is 5.99. The summed E-state index contributed by atoms with van der Waals surface area (Å²) in [6.45, 7) is 2.29. The van der Waals surface area contributed by atoms with Crippen LogP contribution in [-0.4, -0.2) is 20.2 Å². The first kappa shape index (κ1) is 10.6. The highest BCUT2D eigenvalue weighted by Gasteiger charge is 2.12. The third kappa shape index (κ3) is 2.37. The van der Waals surface area contributed by atoms with Crippen molar-refractivity contribution in [3.8, 4) is 5.75 Å². The van der Waals surface area contributed by atoms with Gasteiger partial charge in [0.05, 0.1) is 12.1 Å². The van der Waals surface area contributed by atoms with Gasteiger partial charge in [-0.25, -0.2) is 0 Å². The fourth-order valence-electron chi connectivity index (χ4n) is 2.00. The van der Waals surface area contributed by atoms with Crippen molar-refractivity contribution in [2.45, 2.75) is 19.3 Å². The Morgan fingerprint density at radius 3 is 2.60 bits per heavy atom. The van der Waals surface area contributed by atoms with E-state index in [1.807, 2.05) is 12.1 Å². The lowest BCUT2D eigenvalue weighted by Crippen LogP contribution is -2.29. The predicted molar refractivity (Wildman–Crippen MR) is 64.1 cm³/mol. The summed E-state index contributed by atoms with van der Waals surface area (Å²) in [5.74, 6) is 0.764. The van der Waals surface area contributed by atoms with Gasteiger partial charge in [-0.15, -0.1) is 0 Å². The summed E-state index contributed by atoms with van der Waals surface area (Å²) in [5.41, 5.74) is 1.22. The molecule has 0 aliphatic carbocycles. The first-order valence-electron chi connectivity index (χ1n) is 5.40. The van der Waals surface area contributed by atoms with Gasteiger partial charge in [0.1, 0.15) is 5.75 Å². The summed E-state index contributed by atoms with van der Waals surface area (Å²) < 4.78 is 5.22. The average molecular weight is 226 g/mol. The highest BCUT2D eigenvalue weighted by atomic mass is 35.5. The second-order valence-corrected chi connectivity index (χ2v) is 4.27. The molecule has 82 valence electrons. The van der Waals surface area contributed by atoms with E-state index in [1.165, 1.54) is 24.9 Å². The quantitative estimate of drug-likeness (QED) is 0.766. The molecule has 1 aliphatic rings. The highest BCUT2D eigenvalue weighted by Crippen LogP contribution is 2.30. The number of halogens is 1. The van der Waals surface area contributed by atoms with Gasteiger partial charge in [0.15, 0.2) is 0 Å². The molecule has 2 nitrogen and oxygen atoms in total. The Labute approximate surface area is 95.8 Å². The first-order valence-corrected chi connectivity index (χ1v) is 5.77. The van der Waals surface area contributed by atoms with E-state index < -0.39 is 0 Å². The van der Waals surface area contributed by atoms with Crippen LogP contribution < -0.4 is 9.64 Å². The monoisotopic (exact) mass is 225 g/mol. The lowest BCUT2D eigenvalue weighted by atomic mass is 10.1. The van der Waals surface area contributed by atoms with Gasteiger partial charge in [0.25, 0.3) is 0 Å². The molecular weight excluding hydrogens is 210 g/mol. The van der Waals surface area contributed by atoms with E-state index in [0.29, 0.717) is 5.02 Å². The maximum absolute atomic E-state index is 5.99. The van der Waals surface area contributed by atoms with Gasteiger partial charge in [-0.1, -0.05) is 11.6 Å². The Kier molecular flexibility index (Phi) is 3.37. The highest BCUT2D eigenvalue weighted by molar-refractivity contribution is 6.32. The van der Waals surface area contributed by atoms with E-state index in [4.69, 9.17) is 16.3 Å². The third-order valence-corrected chi connectivity index (χ3v) is 3.17. The molecule has 0 atom stereocenters. The van der Waals surface area contributed by atoms with Crippen LogP contribution in [0, 0.1) is 0 Å². The van der Waals surface area contributed by atoms with Crippen molar-refractivity contribution in [2.24, 2.45) is 0 Å². The summed E-state index contributed by atoms with van der Waals surface area (Å²) in [7, 11) is 1.65. The molecule has 0 unspecified atom stereocenters. The SMILES string of the molecule is COc1cc(N2CCCCC2)ccc1Cl. The molecule has 15 heavy (non-hydrogen) atoms. The molecule has 1 fully saturated rings. The van der Waals surface area contributed by atoms with Crippen molar-refractivity contribution >= 4 is 17.3 Å². The number of anilines is 1. The lowest BCUT2D eigenvalue weighted by Gasteiger charge is -2.29. The molecule has 1 aliphatic heterocycles. The van der Waals surface area contributed by atoms with Crippen LogP contribution in [-0.2, 0) is 0 Å². The largest absolute Gasteiger partial charge is 0.495 e. The number of ether oxygens (including phenoxy) is 1. The van der Waals surface area contributed by atoms with Crippen LogP contribution in [0.25, 0.3) is 0 Å². The average Bonchev–Trinajstić information content (AvgIpc) is 2.31. The number of hydrogen-bond acceptors (Lipinski definition) is 2. The third-order valence-electron chi connectivity index (χ3n) is 2.86. The molecular formula is C12H16ClNO. The molecule has 0 spiro atoms. The molecule has 0 radical (unpaired) electrons. The zero-order chi connectivity index (χ0) is 10.7. The van der Waals surface area contributed by atoms with Crippen LogP contribution in [0.4, 0.5) is 5.69 Å². The number of methoxy groups -OCH3 is 1. The Balaban J connectivity index is 2.20. The molecule has 0 bridgehead atoms. The molecule has 1 heterocycles. The van der Waals surface area contributed by atoms with Crippen LogP contribution in [0.1, 0.15) is 19.3 Å². The Bertz CT molecular complexity index is 334. The number of hydrogen-bond donors (Lipinski definition) is 0. The van der Waals surface area contributed by atoms with Gasteiger partial charge < -0.3 is 9.64 Å². The van der Waals surface area contributed by atoms with Gasteiger partial charge in [0, 0.05) is 24.8 Å². The first-order chi connectivity index (χ1) is 7.31. The summed E-state index contributed by atoms with van der Waals surface area (Å²) >= 11 is 5.99. The van der Waals surface area contributed by atoms with Crippen LogP contribution in [0.15, 0.2) is 18.2 Å². The van der Waals surface area contributed by atoms with Crippen LogP contribution >= 0.6 is 11.6 Å². The van der Waals surface area contributed by atoms with Crippen molar-refractivity contribution in [2.75, 3.05) is 25.1 Å². The summed E-state index contributed by atoms with van der Waals surface area (Å²) in [6, 6.07) is 5.99. The van der Waals surface area contributed by atoms with Gasteiger partial charge in [0.2, 0.25) is 0 Å². The molecule has 3 heteroatoms. The second kappa shape index (κ2) is 4.75. The van der Waals surface area contributed by atoms with Crippen molar-refractivity contribution in [3.05, 3.63) is 23.2 Å². The van der Waals surface area contributed by atoms with Crippen molar-refractivity contribution in [1.29, 1.82) is 0 Å². The molecule has 1 saturated heterocycles. The molecule has 1 aromatic rings. The normalized spacial score (nSPS) is 16.5. The molecule has 0 aromatic heterocycles. The summed E-state index contributed by atoms with van der Waals surface area (Å²) in [5, 5.41) is 0.679. The molecule has 1 aromatic carbocycles.